The number of pyridine rings is 1. The number of hydrogen-bond acceptors (Lipinski definition) is 5. The number of fused-ring (bicyclic) bond motifs is 1. The lowest BCUT2D eigenvalue weighted by molar-refractivity contribution is 0.0942. The number of rotatable bonds is 6. The lowest BCUT2D eigenvalue weighted by Crippen LogP contribution is -2.23. The number of carbonyl (C=O) groups excluding carboxylic acids is 1. The number of aromatic nitrogens is 4. The summed E-state index contributed by atoms with van der Waals surface area (Å²) in [5.74, 6) is 0.225. The van der Waals surface area contributed by atoms with Crippen LogP contribution in [0.25, 0.3) is 22.4 Å². The van der Waals surface area contributed by atoms with E-state index in [9.17, 15) is 4.79 Å². The van der Waals surface area contributed by atoms with Crippen LogP contribution in [-0.4, -0.2) is 25.6 Å². The van der Waals surface area contributed by atoms with Crippen LogP contribution in [0.15, 0.2) is 90.0 Å². The molecule has 1 amide bonds. The zero-order valence-electron chi connectivity index (χ0n) is 16.6. The molecule has 7 heteroatoms. The topological polar surface area (TPSA) is 85.8 Å². The summed E-state index contributed by atoms with van der Waals surface area (Å²) in [7, 11) is 0. The molecule has 5 rings (SSSR count). The van der Waals surface area contributed by atoms with Crippen molar-refractivity contribution in [2.24, 2.45) is 0 Å². The summed E-state index contributed by atoms with van der Waals surface area (Å²) in [5.41, 5.74) is 5.27. The van der Waals surface area contributed by atoms with Crippen molar-refractivity contribution in [2.75, 3.05) is 0 Å². The number of para-hydroxylation sites is 2. The third kappa shape index (κ3) is 4.06. The maximum Gasteiger partial charge on any atom is 0.273 e. The fraction of sp³-hybridized carbons (Fsp3) is 0.0833. The average Bonchev–Trinajstić information content (AvgIpc) is 3.47. The quantitative estimate of drug-likeness (QED) is 0.457. The molecule has 7 nitrogen and oxygen atoms in total. The summed E-state index contributed by atoms with van der Waals surface area (Å²) >= 11 is 0. The molecule has 0 aliphatic rings. The van der Waals surface area contributed by atoms with Crippen molar-refractivity contribution < 1.29 is 9.32 Å². The Morgan fingerprint density at radius 2 is 1.84 bits per heavy atom. The molecule has 0 atom stereocenters. The smallest absolute Gasteiger partial charge is 0.273 e. The minimum absolute atomic E-state index is 0.238. The number of benzene rings is 2. The van der Waals surface area contributed by atoms with E-state index in [0.29, 0.717) is 12.3 Å². The summed E-state index contributed by atoms with van der Waals surface area (Å²) in [4.78, 5) is 20.9. The Bertz CT molecular complexity index is 1320. The van der Waals surface area contributed by atoms with Crippen LogP contribution in [0.3, 0.4) is 0 Å². The predicted molar refractivity (Wildman–Crippen MR) is 116 cm³/mol. The Hall–Kier alpha value is -4.26. The van der Waals surface area contributed by atoms with Gasteiger partial charge in [0, 0.05) is 37.1 Å². The number of carbonyl (C=O) groups is 1. The lowest BCUT2D eigenvalue weighted by Gasteiger charge is -2.07. The molecular formula is C24H19N5O2. The van der Waals surface area contributed by atoms with Gasteiger partial charge < -0.3 is 14.4 Å². The summed E-state index contributed by atoms with van der Waals surface area (Å²) in [6.07, 6.45) is 5.20. The highest BCUT2D eigenvalue weighted by atomic mass is 16.5. The molecule has 0 saturated heterocycles. The van der Waals surface area contributed by atoms with Crippen molar-refractivity contribution in [3.63, 3.8) is 0 Å². The van der Waals surface area contributed by atoms with E-state index in [-0.39, 0.29) is 11.6 Å². The van der Waals surface area contributed by atoms with E-state index >= 15 is 0 Å². The van der Waals surface area contributed by atoms with E-state index in [1.807, 2.05) is 42.7 Å². The first kappa shape index (κ1) is 18.7. The van der Waals surface area contributed by atoms with E-state index in [1.165, 1.54) is 0 Å². The molecule has 0 aliphatic carbocycles. The second-order valence-corrected chi connectivity index (χ2v) is 7.18. The second-order valence-electron chi connectivity index (χ2n) is 7.18. The Labute approximate surface area is 178 Å². The van der Waals surface area contributed by atoms with Gasteiger partial charge in [-0.2, -0.15) is 0 Å². The van der Waals surface area contributed by atoms with E-state index < -0.39 is 0 Å². The largest absolute Gasteiger partial charge is 0.355 e. The Balaban J connectivity index is 1.20. The van der Waals surface area contributed by atoms with Crippen molar-refractivity contribution in [1.29, 1.82) is 0 Å². The van der Waals surface area contributed by atoms with E-state index in [0.717, 1.165) is 34.3 Å². The SMILES string of the molecule is O=C(NCc1ccc(Cn2cnc3ccccc32)cc1)c1cc(-c2cccnc2)on1. The molecule has 0 aliphatic heterocycles. The fourth-order valence-corrected chi connectivity index (χ4v) is 3.40. The molecule has 0 unspecified atom stereocenters. The van der Waals surface area contributed by atoms with Crippen LogP contribution in [0, 0.1) is 0 Å². The van der Waals surface area contributed by atoms with Crippen molar-refractivity contribution in [2.45, 2.75) is 13.1 Å². The van der Waals surface area contributed by atoms with Gasteiger partial charge in [0.05, 0.1) is 17.4 Å². The Morgan fingerprint density at radius 3 is 2.68 bits per heavy atom. The van der Waals surface area contributed by atoms with Crippen LogP contribution >= 0.6 is 0 Å². The van der Waals surface area contributed by atoms with Gasteiger partial charge in [0.2, 0.25) is 0 Å². The van der Waals surface area contributed by atoms with E-state index in [1.54, 1.807) is 24.5 Å². The maximum absolute atomic E-state index is 12.4. The van der Waals surface area contributed by atoms with Gasteiger partial charge in [-0.05, 0) is 35.4 Å². The van der Waals surface area contributed by atoms with Crippen LogP contribution in [0.1, 0.15) is 21.6 Å². The molecular weight excluding hydrogens is 390 g/mol. The van der Waals surface area contributed by atoms with Crippen LogP contribution in [-0.2, 0) is 13.1 Å². The van der Waals surface area contributed by atoms with Crippen molar-refractivity contribution >= 4 is 16.9 Å². The first-order valence-electron chi connectivity index (χ1n) is 9.89. The summed E-state index contributed by atoms with van der Waals surface area (Å²) in [6, 6.07) is 21.5. The normalized spacial score (nSPS) is 11.0. The molecule has 0 spiro atoms. The number of imidazole rings is 1. The molecule has 3 heterocycles. The van der Waals surface area contributed by atoms with Crippen molar-refractivity contribution in [3.8, 4) is 11.3 Å². The van der Waals surface area contributed by atoms with Crippen LogP contribution in [0.5, 0.6) is 0 Å². The van der Waals surface area contributed by atoms with E-state index in [4.69, 9.17) is 4.52 Å². The molecule has 2 aromatic carbocycles. The average molecular weight is 409 g/mol. The van der Waals surface area contributed by atoms with Gasteiger partial charge >= 0.3 is 0 Å². The molecule has 0 bridgehead atoms. The van der Waals surface area contributed by atoms with Gasteiger partial charge in [-0.15, -0.1) is 0 Å². The van der Waals surface area contributed by atoms with Gasteiger partial charge in [0.1, 0.15) is 0 Å². The summed E-state index contributed by atoms with van der Waals surface area (Å²) in [6.45, 7) is 1.14. The van der Waals surface area contributed by atoms with Crippen molar-refractivity contribution in [1.82, 2.24) is 25.0 Å². The van der Waals surface area contributed by atoms with Crippen LogP contribution in [0.4, 0.5) is 0 Å². The second kappa shape index (κ2) is 8.23. The molecule has 3 aromatic heterocycles. The minimum atomic E-state index is -0.284. The molecule has 5 aromatic rings. The molecule has 1 N–H and O–H groups in total. The molecule has 31 heavy (non-hydrogen) atoms. The zero-order valence-corrected chi connectivity index (χ0v) is 16.6. The maximum atomic E-state index is 12.4. The first-order valence-corrected chi connectivity index (χ1v) is 9.89. The highest BCUT2D eigenvalue weighted by Crippen LogP contribution is 2.19. The van der Waals surface area contributed by atoms with Crippen LogP contribution in [0.2, 0.25) is 0 Å². The predicted octanol–water partition coefficient (Wildman–Crippen LogP) is 4.06. The van der Waals surface area contributed by atoms with Gasteiger partial charge in [0.25, 0.3) is 5.91 Å². The third-order valence-electron chi connectivity index (χ3n) is 5.05. The minimum Gasteiger partial charge on any atom is -0.355 e. The monoisotopic (exact) mass is 409 g/mol. The fourth-order valence-electron chi connectivity index (χ4n) is 3.40. The highest BCUT2D eigenvalue weighted by molar-refractivity contribution is 5.93. The number of nitrogens with zero attached hydrogens (tertiary/aromatic N) is 4. The number of amides is 1. The van der Waals surface area contributed by atoms with Gasteiger partial charge in [-0.3, -0.25) is 9.78 Å². The Kier molecular flexibility index (Phi) is 4.98. The standard InChI is InChI=1S/C24H19N5O2/c30-24(21-12-23(31-28-21)19-4-3-11-25-14-19)26-13-17-7-9-18(10-8-17)15-29-16-27-20-5-1-2-6-22(20)29/h1-12,14,16H,13,15H2,(H,26,30). The Morgan fingerprint density at radius 1 is 1.00 bits per heavy atom. The van der Waals surface area contributed by atoms with E-state index in [2.05, 4.69) is 43.2 Å². The summed E-state index contributed by atoms with van der Waals surface area (Å²) in [5, 5.41) is 6.74. The molecule has 0 fully saturated rings. The van der Waals surface area contributed by atoms with Crippen molar-refractivity contribution in [3.05, 3.63) is 102 Å². The lowest BCUT2D eigenvalue weighted by atomic mass is 10.1. The highest BCUT2D eigenvalue weighted by Gasteiger charge is 2.13. The van der Waals surface area contributed by atoms with Crippen LogP contribution < -0.4 is 5.32 Å². The molecule has 152 valence electrons. The molecule has 0 radical (unpaired) electrons. The first-order chi connectivity index (χ1) is 15.3. The molecule has 0 saturated carbocycles. The number of hydrogen-bond donors (Lipinski definition) is 1. The number of nitrogens with one attached hydrogen (secondary N) is 1. The summed E-state index contributed by atoms with van der Waals surface area (Å²) < 4.78 is 7.38. The third-order valence-corrected chi connectivity index (χ3v) is 5.05. The van der Waals surface area contributed by atoms with Gasteiger partial charge in [-0.1, -0.05) is 41.6 Å². The zero-order chi connectivity index (χ0) is 21.0. The van der Waals surface area contributed by atoms with Gasteiger partial charge in [-0.25, -0.2) is 4.98 Å². The van der Waals surface area contributed by atoms with Gasteiger partial charge in [0.15, 0.2) is 11.5 Å².